The normalized spacial score (nSPS) is 18.1. The Bertz CT molecular complexity index is 539. The van der Waals surface area contributed by atoms with Gasteiger partial charge in [0.1, 0.15) is 4.90 Å². The predicted molar refractivity (Wildman–Crippen MR) is 78.4 cm³/mol. The van der Waals surface area contributed by atoms with E-state index < -0.39 is 10.0 Å². The maximum absolute atomic E-state index is 12.6. The Hall–Kier alpha value is -1.18. The highest BCUT2D eigenvalue weighted by Crippen LogP contribution is 2.28. The first-order valence-electron chi connectivity index (χ1n) is 7.01. The molecule has 1 aliphatic rings. The summed E-state index contributed by atoms with van der Waals surface area (Å²) < 4.78 is 26.8. The van der Waals surface area contributed by atoms with Crippen molar-refractivity contribution in [3.8, 4) is 0 Å². The molecule has 7 heteroatoms. The molecule has 0 bridgehead atoms. The van der Waals surface area contributed by atoms with E-state index in [0.717, 1.165) is 19.3 Å². The number of hydrogen-bond acceptors (Lipinski definition) is 5. The number of nitrogens with zero attached hydrogens (tertiary/aromatic N) is 2. The van der Waals surface area contributed by atoms with E-state index in [0.29, 0.717) is 19.0 Å². The molecule has 6 nitrogen and oxygen atoms in total. The predicted octanol–water partition coefficient (Wildman–Crippen LogP) is 1.57. The second-order valence-corrected chi connectivity index (χ2v) is 7.04. The zero-order valence-corrected chi connectivity index (χ0v) is 12.6. The second kappa shape index (κ2) is 6.51. The number of nitrogens with one attached hydrogen (secondary N) is 1. The Morgan fingerprint density at radius 3 is 2.75 bits per heavy atom. The lowest BCUT2D eigenvalue weighted by atomic mass is 9.94. The number of nitrogen functional groups attached to an aromatic ring is 1. The lowest BCUT2D eigenvalue weighted by Gasteiger charge is -2.31. The van der Waals surface area contributed by atoms with Gasteiger partial charge in [-0.3, -0.25) is 0 Å². The van der Waals surface area contributed by atoms with Crippen LogP contribution < -0.4 is 11.3 Å². The van der Waals surface area contributed by atoms with Gasteiger partial charge in [-0.15, -0.1) is 0 Å². The fourth-order valence-electron chi connectivity index (χ4n) is 2.69. The van der Waals surface area contributed by atoms with Gasteiger partial charge in [0, 0.05) is 19.3 Å². The second-order valence-electron chi connectivity index (χ2n) is 5.13. The van der Waals surface area contributed by atoms with E-state index in [1.165, 1.54) is 23.0 Å². The number of piperidine rings is 1. The summed E-state index contributed by atoms with van der Waals surface area (Å²) in [5.74, 6) is 6.19. The van der Waals surface area contributed by atoms with Gasteiger partial charge in [0.2, 0.25) is 10.0 Å². The van der Waals surface area contributed by atoms with E-state index in [1.54, 1.807) is 6.07 Å². The van der Waals surface area contributed by atoms with Gasteiger partial charge in [0.25, 0.3) is 0 Å². The summed E-state index contributed by atoms with van der Waals surface area (Å²) in [6.45, 7) is 3.32. The van der Waals surface area contributed by atoms with E-state index in [1.807, 2.05) is 0 Å². The summed E-state index contributed by atoms with van der Waals surface area (Å²) in [4.78, 5) is 4.11. The molecule has 1 saturated heterocycles. The molecule has 1 fully saturated rings. The standard InChI is InChI=1S/C13H22N4O2S/c1-2-4-11-6-9-17(10-7-11)20(18,19)12-5-3-8-15-13(12)16-14/h3,5,8,11H,2,4,6-7,9-10,14H2,1H3,(H,15,16). The minimum atomic E-state index is -3.51. The molecule has 0 saturated carbocycles. The number of pyridine rings is 1. The molecular weight excluding hydrogens is 276 g/mol. The van der Waals surface area contributed by atoms with Crippen LogP contribution in [0.2, 0.25) is 0 Å². The molecule has 112 valence electrons. The van der Waals surface area contributed by atoms with Gasteiger partial charge in [0.15, 0.2) is 5.82 Å². The first-order chi connectivity index (χ1) is 9.59. The number of rotatable bonds is 5. The van der Waals surface area contributed by atoms with Crippen molar-refractivity contribution in [2.45, 2.75) is 37.5 Å². The summed E-state index contributed by atoms with van der Waals surface area (Å²) in [7, 11) is -3.51. The van der Waals surface area contributed by atoms with Gasteiger partial charge in [-0.05, 0) is 30.9 Å². The molecule has 1 aromatic heterocycles. The molecular formula is C13H22N4O2S. The van der Waals surface area contributed by atoms with Crippen LogP contribution >= 0.6 is 0 Å². The van der Waals surface area contributed by atoms with Crippen molar-refractivity contribution in [1.82, 2.24) is 9.29 Å². The molecule has 0 aliphatic carbocycles. The highest BCUT2D eigenvalue weighted by atomic mass is 32.2. The number of nitrogens with two attached hydrogens (primary N) is 1. The molecule has 1 aromatic rings. The molecule has 0 amide bonds. The van der Waals surface area contributed by atoms with Crippen molar-refractivity contribution in [3.63, 3.8) is 0 Å². The molecule has 2 heterocycles. The maximum Gasteiger partial charge on any atom is 0.246 e. The van der Waals surface area contributed by atoms with E-state index in [9.17, 15) is 8.42 Å². The van der Waals surface area contributed by atoms with Crippen molar-refractivity contribution in [3.05, 3.63) is 18.3 Å². The van der Waals surface area contributed by atoms with Crippen molar-refractivity contribution in [2.24, 2.45) is 11.8 Å². The van der Waals surface area contributed by atoms with Gasteiger partial charge < -0.3 is 5.43 Å². The summed E-state index contributed by atoms with van der Waals surface area (Å²) in [5, 5.41) is 0. The molecule has 0 atom stereocenters. The van der Waals surface area contributed by atoms with Crippen molar-refractivity contribution < 1.29 is 8.42 Å². The number of aromatic nitrogens is 1. The Labute approximate surface area is 120 Å². The zero-order chi connectivity index (χ0) is 14.6. The third kappa shape index (κ3) is 3.11. The fraction of sp³-hybridized carbons (Fsp3) is 0.615. The van der Waals surface area contributed by atoms with E-state index in [4.69, 9.17) is 5.84 Å². The SMILES string of the molecule is CCCC1CCN(S(=O)(=O)c2cccnc2NN)CC1. The van der Waals surface area contributed by atoms with Gasteiger partial charge in [-0.25, -0.2) is 19.2 Å². The number of anilines is 1. The Morgan fingerprint density at radius 2 is 2.15 bits per heavy atom. The molecule has 2 rings (SSSR count). The lowest BCUT2D eigenvalue weighted by molar-refractivity contribution is 0.262. The van der Waals surface area contributed by atoms with Gasteiger partial charge in [-0.2, -0.15) is 4.31 Å². The summed E-state index contributed by atoms with van der Waals surface area (Å²) in [6.07, 6.45) is 5.71. The molecule has 3 N–H and O–H groups in total. The summed E-state index contributed by atoms with van der Waals surface area (Å²) >= 11 is 0. The summed E-state index contributed by atoms with van der Waals surface area (Å²) in [5.41, 5.74) is 2.35. The average Bonchev–Trinajstić information content (AvgIpc) is 2.48. The Kier molecular flexibility index (Phi) is 4.95. The van der Waals surface area contributed by atoms with Crippen LogP contribution in [0, 0.1) is 5.92 Å². The zero-order valence-electron chi connectivity index (χ0n) is 11.7. The highest BCUT2D eigenvalue weighted by molar-refractivity contribution is 7.89. The third-order valence-corrected chi connectivity index (χ3v) is 5.73. The van der Waals surface area contributed by atoms with Crippen molar-refractivity contribution >= 4 is 15.8 Å². The van der Waals surface area contributed by atoms with Crippen LogP contribution in [-0.2, 0) is 10.0 Å². The Balaban J connectivity index is 2.16. The lowest BCUT2D eigenvalue weighted by Crippen LogP contribution is -2.38. The van der Waals surface area contributed by atoms with Crippen LogP contribution in [0.3, 0.4) is 0 Å². The molecule has 0 spiro atoms. The third-order valence-electron chi connectivity index (χ3n) is 3.80. The average molecular weight is 298 g/mol. The van der Waals surface area contributed by atoms with Crippen LogP contribution in [0.25, 0.3) is 0 Å². The fourth-order valence-corrected chi connectivity index (χ4v) is 4.27. The van der Waals surface area contributed by atoms with E-state index >= 15 is 0 Å². The van der Waals surface area contributed by atoms with Crippen LogP contribution in [0.5, 0.6) is 0 Å². The summed E-state index contributed by atoms with van der Waals surface area (Å²) in [6, 6.07) is 3.15. The number of sulfonamides is 1. The number of hydrogen-bond donors (Lipinski definition) is 2. The van der Waals surface area contributed by atoms with Crippen molar-refractivity contribution in [1.29, 1.82) is 0 Å². The highest BCUT2D eigenvalue weighted by Gasteiger charge is 2.30. The van der Waals surface area contributed by atoms with Gasteiger partial charge in [-0.1, -0.05) is 19.8 Å². The van der Waals surface area contributed by atoms with Gasteiger partial charge >= 0.3 is 0 Å². The van der Waals surface area contributed by atoms with Crippen LogP contribution in [0.15, 0.2) is 23.2 Å². The molecule has 0 radical (unpaired) electrons. The molecule has 0 aromatic carbocycles. The largest absolute Gasteiger partial charge is 0.307 e. The van der Waals surface area contributed by atoms with Crippen LogP contribution in [0.1, 0.15) is 32.6 Å². The smallest absolute Gasteiger partial charge is 0.246 e. The number of hydrazine groups is 1. The topological polar surface area (TPSA) is 88.3 Å². The first-order valence-corrected chi connectivity index (χ1v) is 8.45. The monoisotopic (exact) mass is 298 g/mol. The van der Waals surface area contributed by atoms with E-state index in [2.05, 4.69) is 17.3 Å². The first kappa shape index (κ1) is 15.2. The van der Waals surface area contributed by atoms with Gasteiger partial charge in [0.05, 0.1) is 0 Å². The molecule has 0 unspecified atom stereocenters. The minimum absolute atomic E-state index is 0.149. The molecule has 20 heavy (non-hydrogen) atoms. The van der Waals surface area contributed by atoms with Crippen molar-refractivity contribution in [2.75, 3.05) is 18.5 Å². The van der Waals surface area contributed by atoms with Crippen LogP contribution in [0.4, 0.5) is 5.82 Å². The quantitative estimate of drug-likeness (QED) is 0.636. The maximum atomic E-state index is 12.6. The van der Waals surface area contributed by atoms with E-state index in [-0.39, 0.29) is 10.7 Å². The van der Waals surface area contributed by atoms with Crippen LogP contribution in [-0.4, -0.2) is 30.8 Å². The molecule has 1 aliphatic heterocycles. The minimum Gasteiger partial charge on any atom is -0.307 e. The Morgan fingerprint density at radius 1 is 1.45 bits per heavy atom.